The van der Waals surface area contributed by atoms with Crippen LogP contribution in [0.5, 0.6) is 0 Å². The van der Waals surface area contributed by atoms with Crippen molar-refractivity contribution in [3.63, 3.8) is 0 Å². The number of H-pyrrole nitrogens is 1. The summed E-state index contributed by atoms with van der Waals surface area (Å²) in [5, 5.41) is 2.44. The molecule has 2 rings (SSSR count). The zero-order chi connectivity index (χ0) is 13.3. The second kappa shape index (κ2) is 4.81. The molecule has 1 fully saturated rings. The third-order valence-electron chi connectivity index (χ3n) is 2.99. The van der Waals surface area contributed by atoms with Gasteiger partial charge in [-0.1, -0.05) is 0 Å². The van der Waals surface area contributed by atoms with E-state index in [-0.39, 0.29) is 11.4 Å². The first-order valence-electron chi connectivity index (χ1n) is 5.88. The average molecular weight is 271 g/mol. The van der Waals surface area contributed by atoms with E-state index in [2.05, 4.69) is 15.3 Å². The molecule has 1 aromatic heterocycles. The summed E-state index contributed by atoms with van der Waals surface area (Å²) in [7, 11) is -3.26. The van der Waals surface area contributed by atoms with Crippen molar-refractivity contribution in [2.75, 3.05) is 6.26 Å². The van der Waals surface area contributed by atoms with E-state index in [1.54, 1.807) is 0 Å². The maximum Gasteiger partial charge on any atom is 0.251 e. The van der Waals surface area contributed by atoms with E-state index in [4.69, 9.17) is 0 Å². The van der Waals surface area contributed by atoms with Gasteiger partial charge >= 0.3 is 0 Å². The molecule has 2 N–H and O–H groups in total. The molecule has 1 heterocycles. The Hall–Kier alpha value is -1.21. The van der Waals surface area contributed by atoms with Gasteiger partial charge in [-0.25, -0.2) is 13.4 Å². The first-order valence-corrected chi connectivity index (χ1v) is 7.84. The van der Waals surface area contributed by atoms with E-state index >= 15 is 0 Å². The van der Waals surface area contributed by atoms with E-state index in [0.717, 1.165) is 19.1 Å². The Morgan fingerprint density at radius 1 is 1.56 bits per heavy atom. The summed E-state index contributed by atoms with van der Waals surface area (Å²) >= 11 is 0. The maximum atomic E-state index is 11.5. The molecular weight excluding hydrogens is 254 g/mol. The van der Waals surface area contributed by atoms with Crippen molar-refractivity contribution in [1.29, 1.82) is 0 Å². The van der Waals surface area contributed by atoms with Crippen LogP contribution in [0.3, 0.4) is 0 Å². The Morgan fingerprint density at radius 2 is 2.22 bits per heavy atom. The molecule has 7 heteroatoms. The Balaban J connectivity index is 2.22. The van der Waals surface area contributed by atoms with Gasteiger partial charge in [-0.05, 0) is 19.8 Å². The van der Waals surface area contributed by atoms with Crippen LogP contribution in [0.15, 0.2) is 10.9 Å². The SMILES string of the molecule is CC(c1nc(CNC2CC2)cc(=O)[nH]1)S(C)(=O)=O. The van der Waals surface area contributed by atoms with Gasteiger partial charge in [-0.2, -0.15) is 0 Å². The van der Waals surface area contributed by atoms with Crippen LogP contribution in [0.2, 0.25) is 0 Å². The van der Waals surface area contributed by atoms with Crippen LogP contribution in [-0.2, 0) is 16.4 Å². The van der Waals surface area contributed by atoms with Crippen molar-refractivity contribution in [2.45, 2.75) is 37.6 Å². The fourth-order valence-electron chi connectivity index (χ4n) is 1.55. The standard InChI is InChI=1S/C11H17N3O3S/c1-7(18(2,16)17)11-13-9(5-10(15)14-11)6-12-8-3-4-8/h5,7-8,12H,3-4,6H2,1-2H3,(H,13,14,15). The van der Waals surface area contributed by atoms with E-state index in [1.165, 1.54) is 13.0 Å². The summed E-state index contributed by atoms with van der Waals surface area (Å²) in [4.78, 5) is 18.2. The molecule has 1 saturated carbocycles. The molecule has 1 aliphatic rings. The average Bonchev–Trinajstić information content (AvgIpc) is 3.07. The minimum atomic E-state index is -3.26. The highest BCUT2D eigenvalue weighted by molar-refractivity contribution is 7.90. The largest absolute Gasteiger partial charge is 0.309 e. The van der Waals surface area contributed by atoms with Gasteiger partial charge in [-0.15, -0.1) is 0 Å². The molecule has 18 heavy (non-hydrogen) atoms. The lowest BCUT2D eigenvalue weighted by Crippen LogP contribution is -2.22. The number of aromatic amines is 1. The van der Waals surface area contributed by atoms with Gasteiger partial charge in [0, 0.05) is 24.9 Å². The predicted octanol–water partition coefficient (Wildman–Crippen LogP) is 0.128. The normalized spacial score (nSPS) is 17.7. The zero-order valence-electron chi connectivity index (χ0n) is 10.4. The van der Waals surface area contributed by atoms with Crippen LogP contribution in [0.4, 0.5) is 0 Å². The van der Waals surface area contributed by atoms with E-state index in [9.17, 15) is 13.2 Å². The molecule has 1 atom stereocenters. The molecule has 100 valence electrons. The van der Waals surface area contributed by atoms with Gasteiger partial charge in [0.1, 0.15) is 11.1 Å². The minimum Gasteiger partial charge on any atom is -0.309 e. The highest BCUT2D eigenvalue weighted by Gasteiger charge is 2.22. The summed E-state index contributed by atoms with van der Waals surface area (Å²) in [6.45, 7) is 2.02. The summed E-state index contributed by atoms with van der Waals surface area (Å²) in [5.41, 5.74) is 0.263. The lowest BCUT2D eigenvalue weighted by atomic mass is 10.3. The molecule has 0 aromatic carbocycles. The molecule has 0 amide bonds. The first-order chi connectivity index (χ1) is 8.36. The van der Waals surface area contributed by atoms with Crippen molar-refractivity contribution >= 4 is 9.84 Å². The molecule has 1 unspecified atom stereocenters. The third-order valence-corrected chi connectivity index (χ3v) is 4.50. The number of hydrogen-bond acceptors (Lipinski definition) is 5. The molecule has 6 nitrogen and oxygen atoms in total. The lowest BCUT2D eigenvalue weighted by Gasteiger charge is -2.10. The maximum absolute atomic E-state index is 11.5. The quantitative estimate of drug-likeness (QED) is 0.794. The number of hydrogen-bond donors (Lipinski definition) is 2. The van der Waals surface area contributed by atoms with Crippen LogP contribution >= 0.6 is 0 Å². The Bertz CT molecular complexity index is 590. The van der Waals surface area contributed by atoms with Crippen molar-refractivity contribution in [2.24, 2.45) is 0 Å². The van der Waals surface area contributed by atoms with E-state index in [0.29, 0.717) is 18.3 Å². The molecule has 1 aliphatic carbocycles. The van der Waals surface area contributed by atoms with Gasteiger partial charge in [0.2, 0.25) is 0 Å². The lowest BCUT2D eigenvalue weighted by molar-refractivity contribution is 0.587. The smallest absolute Gasteiger partial charge is 0.251 e. The van der Waals surface area contributed by atoms with Crippen molar-refractivity contribution in [3.8, 4) is 0 Å². The van der Waals surface area contributed by atoms with Crippen LogP contribution < -0.4 is 10.9 Å². The number of sulfone groups is 1. The Labute approximate surface area is 106 Å². The van der Waals surface area contributed by atoms with Gasteiger partial charge in [0.05, 0.1) is 5.69 Å². The summed E-state index contributed by atoms with van der Waals surface area (Å²) < 4.78 is 22.9. The molecule has 0 spiro atoms. The highest BCUT2D eigenvalue weighted by atomic mass is 32.2. The van der Waals surface area contributed by atoms with Crippen molar-refractivity contribution in [3.05, 3.63) is 27.9 Å². The highest BCUT2D eigenvalue weighted by Crippen LogP contribution is 2.19. The summed E-state index contributed by atoms with van der Waals surface area (Å²) in [6.07, 6.45) is 3.43. The van der Waals surface area contributed by atoms with Gasteiger partial charge in [0.15, 0.2) is 9.84 Å². The fraction of sp³-hybridized carbons (Fsp3) is 0.636. The Morgan fingerprint density at radius 3 is 2.78 bits per heavy atom. The monoisotopic (exact) mass is 271 g/mol. The third kappa shape index (κ3) is 3.39. The van der Waals surface area contributed by atoms with E-state index in [1.807, 2.05) is 0 Å². The van der Waals surface area contributed by atoms with Crippen LogP contribution in [0.25, 0.3) is 0 Å². The number of nitrogens with one attached hydrogen (secondary N) is 2. The Kier molecular flexibility index (Phi) is 3.54. The summed E-state index contributed by atoms with van der Waals surface area (Å²) in [5.74, 6) is 0.206. The molecule has 0 radical (unpaired) electrons. The van der Waals surface area contributed by atoms with Gasteiger partial charge < -0.3 is 10.3 Å². The predicted molar refractivity (Wildman–Crippen MR) is 68.0 cm³/mol. The second-order valence-electron chi connectivity index (χ2n) is 4.75. The number of nitrogens with zero attached hydrogens (tertiary/aromatic N) is 1. The molecular formula is C11H17N3O3S. The summed E-state index contributed by atoms with van der Waals surface area (Å²) in [6, 6.07) is 1.91. The fourth-order valence-corrected chi connectivity index (χ4v) is 2.07. The first kappa shape index (κ1) is 13.2. The van der Waals surface area contributed by atoms with Crippen LogP contribution in [0.1, 0.15) is 36.5 Å². The second-order valence-corrected chi connectivity index (χ2v) is 7.12. The van der Waals surface area contributed by atoms with Gasteiger partial charge in [0.25, 0.3) is 5.56 Å². The number of aromatic nitrogens is 2. The molecule has 0 aliphatic heterocycles. The van der Waals surface area contributed by atoms with Crippen molar-refractivity contribution < 1.29 is 8.42 Å². The molecule has 0 saturated heterocycles. The van der Waals surface area contributed by atoms with Crippen LogP contribution in [-0.4, -0.2) is 30.7 Å². The molecule has 1 aromatic rings. The van der Waals surface area contributed by atoms with Crippen LogP contribution in [0, 0.1) is 0 Å². The minimum absolute atomic E-state index is 0.206. The number of rotatable bonds is 5. The van der Waals surface area contributed by atoms with Crippen molar-refractivity contribution in [1.82, 2.24) is 15.3 Å². The van der Waals surface area contributed by atoms with E-state index < -0.39 is 15.1 Å². The molecule has 0 bridgehead atoms. The zero-order valence-corrected chi connectivity index (χ0v) is 11.3. The van der Waals surface area contributed by atoms with Gasteiger partial charge in [-0.3, -0.25) is 4.79 Å². The topological polar surface area (TPSA) is 91.9 Å².